The summed E-state index contributed by atoms with van der Waals surface area (Å²) in [7, 11) is 1.75. The molecule has 194 valence electrons. The Morgan fingerprint density at radius 2 is 1.72 bits per heavy atom. The van der Waals surface area contributed by atoms with Crippen molar-refractivity contribution in [3.05, 3.63) is 53.1 Å². The first kappa shape index (κ1) is 25.3. The molecule has 0 N–H and O–H groups in total. The fourth-order valence-corrected chi connectivity index (χ4v) is 6.30. The van der Waals surface area contributed by atoms with Gasteiger partial charge in [0, 0.05) is 50.9 Å². The zero-order valence-electron chi connectivity index (χ0n) is 22.5. The molecular weight excluding hydrogens is 446 g/mol. The lowest BCUT2D eigenvalue weighted by molar-refractivity contribution is -0.134. The van der Waals surface area contributed by atoms with Gasteiger partial charge in [0.05, 0.1) is 13.7 Å². The number of fused-ring (bicyclic) bond motifs is 1. The summed E-state index contributed by atoms with van der Waals surface area (Å²) < 4.78 is 5.68. The molecule has 0 bridgehead atoms. The van der Waals surface area contributed by atoms with Gasteiger partial charge in [-0.3, -0.25) is 14.6 Å². The van der Waals surface area contributed by atoms with E-state index in [9.17, 15) is 4.79 Å². The lowest BCUT2D eigenvalue weighted by Gasteiger charge is -2.41. The highest BCUT2D eigenvalue weighted by Crippen LogP contribution is 2.35. The number of methoxy groups -OCH3 is 1. The minimum Gasteiger partial charge on any atom is -0.496 e. The Morgan fingerprint density at radius 1 is 0.944 bits per heavy atom. The third-order valence-electron chi connectivity index (χ3n) is 8.62. The van der Waals surface area contributed by atoms with Crippen molar-refractivity contribution >= 4 is 5.91 Å². The van der Waals surface area contributed by atoms with Gasteiger partial charge in [0.25, 0.3) is 0 Å². The summed E-state index contributed by atoms with van der Waals surface area (Å²) in [5, 5.41) is 0. The molecule has 5 rings (SSSR count). The van der Waals surface area contributed by atoms with Gasteiger partial charge in [-0.25, -0.2) is 0 Å². The highest BCUT2D eigenvalue weighted by Gasteiger charge is 2.28. The van der Waals surface area contributed by atoms with E-state index >= 15 is 0 Å². The normalized spacial score (nSPS) is 19.9. The number of amides is 1. The second kappa shape index (κ2) is 11.4. The van der Waals surface area contributed by atoms with E-state index in [1.165, 1.54) is 54.4 Å². The number of hydrogen-bond donors (Lipinski definition) is 0. The second-order valence-electron chi connectivity index (χ2n) is 11.3. The molecular formula is C31H43N3O2. The van der Waals surface area contributed by atoms with Crippen LogP contribution in [0.4, 0.5) is 0 Å². The molecule has 1 saturated heterocycles. The van der Waals surface area contributed by atoms with E-state index in [2.05, 4.69) is 64.9 Å². The molecule has 0 spiro atoms. The smallest absolute Gasteiger partial charge is 0.236 e. The molecule has 1 amide bonds. The van der Waals surface area contributed by atoms with Gasteiger partial charge in [0.1, 0.15) is 5.75 Å². The lowest BCUT2D eigenvalue weighted by Crippen LogP contribution is -2.54. The Hall–Kier alpha value is -2.37. The van der Waals surface area contributed by atoms with Gasteiger partial charge in [-0.15, -0.1) is 0 Å². The van der Waals surface area contributed by atoms with Gasteiger partial charge in [0.2, 0.25) is 5.91 Å². The number of hydrogen-bond acceptors (Lipinski definition) is 4. The Kier molecular flexibility index (Phi) is 7.97. The maximum Gasteiger partial charge on any atom is 0.236 e. The molecule has 0 aromatic heterocycles. The van der Waals surface area contributed by atoms with E-state index in [0.29, 0.717) is 18.4 Å². The van der Waals surface area contributed by atoms with Gasteiger partial charge in [-0.1, -0.05) is 57.4 Å². The fraction of sp³-hybridized carbons (Fsp3) is 0.581. The maximum atomic E-state index is 13.1. The summed E-state index contributed by atoms with van der Waals surface area (Å²) >= 11 is 0. The topological polar surface area (TPSA) is 36.0 Å². The lowest BCUT2D eigenvalue weighted by atomic mass is 9.92. The summed E-state index contributed by atoms with van der Waals surface area (Å²) in [4.78, 5) is 20.2. The van der Waals surface area contributed by atoms with Crippen LogP contribution in [-0.2, 0) is 17.8 Å². The van der Waals surface area contributed by atoms with Crippen LogP contribution in [0.25, 0.3) is 11.1 Å². The standard InChI is InChI=1S/C31H43N3O2/c1-23(2)24-11-12-30(36-3)29(20-24)26-9-10-27-21-32(14-13-25(27)19-26)22-31(35)34-17-15-33(16-18-34)28-7-5-4-6-8-28/h9-12,19-20,23,28H,4-8,13-18,21-22H2,1-3H3. The summed E-state index contributed by atoms with van der Waals surface area (Å²) in [6.07, 6.45) is 7.82. The SMILES string of the molecule is COc1ccc(C(C)C)cc1-c1ccc2c(c1)CCN(CC(=O)N1CCN(C3CCCCC3)CC1)C2. The van der Waals surface area contributed by atoms with Gasteiger partial charge >= 0.3 is 0 Å². The fourth-order valence-electron chi connectivity index (χ4n) is 6.30. The molecule has 5 heteroatoms. The minimum atomic E-state index is 0.300. The van der Waals surface area contributed by atoms with E-state index in [-0.39, 0.29) is 0 Å². The maximum absolute atomic E-state index is 13.1. The van der Waals surface area contributed by atoms with Crippen LogP contribution in [0.3, 0.4) is 0 Å². The molecule has 5 nitrogen and oxygen atoms in total. The molecule has 36 heavy (non-hydrogen) atoms. The van der Waals surface area contributed by atoms with Crippen molar-refractivity contribution in [3.8, 4) is 16.9 Å². The quantitative estimate of drug-likeness (QED) is 0.550. The van der Waals surface area contributed by atoms with Crippen LogP contribution in [0.1, 0.15) is 68.6 Å². The molecule has 1 saturated carbocycles. The van der Waals surface area contributed by atoms with Crippen LogP contribution >= 0.6 is 0 Å². The van der Waals surface area contributed by atoms with E-state index in [0.717, 1.165) is 63.0 Å². The van der Waals surface area contributed by atoms with Crippen molar-refractivity contribution in [1.29, 1.82) is 0 Å². The van der Waals surface area contributed by atoms with Crippen LogP contribution in [0.2, 0.25) is 0 Å². The number of rotatable bonds is 6. The third kappa shape index (κ3) is 5.63. The zero-order chi connectivity index (χ0) is 25.1. The van der Waals surface area contributed by atoms with Crippen molar-refractivity contribution in [2.45, 2.75) is 70.9 Å². The van der Waals surface area contributed by atoms with Crippen LogP contribution in [-0.4, -0.2) is 73.0 Å². The molecule has 2 fully saturated rings. The number of benzene rings is 2. The van der Waals surface area contributed by atoms with Crippen molar-refractivity contribution < 1.29 is 9.53 Å². The van der Waals surface area contributed by atoms with Crippen molar-refractivity contribution in [2.24, 2.45) is 0 Å². The van der Waals surface area contributed by atoms with Crippen LogP contribution in [0, 0.1) is 0 Å². The molecule has 2 heterocycles. The second-order valence-corrected chi connectivity index (χ2v) is 11.3. The molecule has 0 unspecified atom stereocenters. The number of piperazine rings is 1. The average Bonchev–Trinajstić information content (AvgIpc) is 2.93. The Balaban J connectivity index is 1.19. The van der Waals surface area contributed by atoms with Gasteiger partial charge in [-0.05, 0) is 59.6 Å². The molecule has 0 atom stereocenters. The van der Waals surface area contributed by atoms with E-state index in [1.54, 1.807) is 7.11 Å². The Labute approximate surface area is 217 Å². The molecule has 2 aromatic rings. The zero-order valence-corrected chi connectivity index (χ0v) is 22.5. The van der Waals surface area contributed by atoms with Crippen molar-refractivity contribution in [2.75, 3.05) is 46.4 Å². The molecule has 3 aliphatic rings. The van der Waals surface area contributed by atoms with Crippen LogP contribution in [0.15, 0.2) is 36.4 Å². The van der Waals surface area contributed by atoms with E-state index in [4.69, 9.17) is 4.74 Å². The van der Waals surface area contributed by atoms with E-state index in [1.807, 2.05) is 0 Å². The van der Waals surface area contributed by atoms with Crippen molar-refractivity contribution in [3.63, 3.8) is 0 Å². The summed E-state index contributed by atoms with van der Waals surface area (Å²) in [5.74, 6) is 1.70. The first-order chi connectivity index (χ1) is 17.5. The van der Waals surface area contributed by atoms with Crippen LogP contribution < -0.4 is 4.74 Å². The highest BCUT2D eigenvalue weighted by atomic mass is 16.5. The van der Waals surface area contributed by atoms with Gasteiger partial charge in [0.15, 0.2) is 0 Å². The largest absolute Gasteiger partial charge is 0.496 e. The Morgan fingerprint density at radius 3 is 2.44 bits per heavy atom. The first-order valence-corrected chi connectivity index (χ1v) is 14.1. The average molecular weight is 490 g/mol. The molecule has 2 aliphatic heterocycles. The van der Waals surface area contributed by atoms with Crippen molar-refractivity contribution in [1.82, 2.24) is 14.7 Å². The van der Waals surface area contributed by atoms with Gasteiger partial charge < -0.3 is 9.64 Å². The van der Waals surface area contributed by atoms with Gasteiger partial charge in [-0.2, -0.15) is 0 Å². The third-order valence-corrected chi connectivity index (χ3v) is 8.62. The number of nitrogens with zero attached hydrogens (tertiary/aromatic N) is 3. The predicted molar refractivity (Wildman–Crippen MR) is 147 cm³/mol. The summed E-state index contributed by atoms with van der Waals surface area (Å²) in [6.45, 7) is 10.7. The Bertz CT molecular complexity index is 1050. The molecule has 2 aromatic carbocycles. The van der Waals surface area contributed by atoms with E-state index < -0.39 is 0 Å². The minimum absolute atomic E-state index is 0.300. The van der Waals surface area contributed by atoms with Crippen LogP contribution in [0.5, 0.6) is 5.75 Å². The summed E-state index contributed by atoms with van der Waals surface area (Å²) in [6, 6.07) is 14.1. The molecule has 1 aliphatic carbocycles. The summed E-state index contributed by atoms with van der Waals surface area (Å²) in [5.41, 5.74) is 6.45. The molecule has 0 radical (unpaired) electrons. The predicted octanol–water partition coefficient (Wildman–Crippen LogP) is 5.32. The first-order valence-electron chi connectivity index (χ1n) is 14.1. The highest BCUT2D eigenvalue weighted by molar-refractivity contribution is 5.78. The number of ether oxygens (including phenoxy) is 1. The monoisotopic (exact) mass is 489 g/mol. The number of carbonyl (C=O) groups excluding carboxylic acids is 1. The number of carbonyl (C=O) groups is 1.